The molecule has 0 bridgehead atoms. The first-order valence-corrected chi connectivity index (χ1v) is 10.4. The number of hydrogen-bond acceptors (Lipinski definition) is 4. The van der Waals surface area contributed by atoms with E-state index in [0.29, 0.717) is 12.1 Å². The van der Waals surface area contributed by atoms with Crippen LogP contribution in [0.5, 0.6) is 0 Å². The maximum Gasteiger partial charge on any atom is 0.322 e. The zero-order valence-electron chi connectivity index (χ0n) is 15.6. The Kier molecular flexibility index (Phi) is 5.53. The molecule has 0 spiro atoms. The highest BCUT2D eigenvalue weighted by molar-refractivity contribution is 7.89. The zero-order valence-corrected chi connectivity index (χ0v) is 16.4. The molecule has 1 aliphatic rings. The lowest BCUT2D eigenvalue weighted by molar-refractivity contribution is -0.138. The van der Waals surface area contributed by atoms with Crippen LogP contribution in [0.2, 0.25) is 0 Å². The zero-order chi connectivity index (χ0) is 20.5. The first-order valence-electron chi connectivity index (χ1n) is 8.91. The third-order valence-electron chi connectivity index (χ3n) is 4.79. The SMILES string of the molecule is CC(=O)N1c2ccc(S(=O)(=O)N[C@@H](Cc3ccccc3)C(=O)O)cc2C[C@@H]1C. The molecule has 0 aromatic heterocycles. The first kappa shape index (κ1) is 20.0. The second-order valence-corrected chi connectivity index (χ2v) is 8.65. The van der Waals surface area contributed by atoms with Crippen molar-refractivity contribution in [3.63, 3.8) is 0 Å². The number of hydrogen-bond donors (Lipinski definition) is 2. The molecular formula is C20H22N2O5S. The van der Waals surface area contributed by atoms with Gasteiger partial charge in [-0.25, -0.2) is 8.42 Å². The van der Waals surface area contributed by atoms with E-state index in [1.807, 2.05) is 6.92 Å². The number of nitrogens with one attached hydrogen (secondary N) is 1. The fraction of sp³-hybridized carbons (Fsp3) is 0.300. The van der Waals surface area contributed by atoms with E-state index in [2.05, 4.69) is 4.72 Å². The number of nitrogens with zero attached hydrogens (tertiary/aromatic N) is 1. The highest BCUT2D eigenvalue weighted by Crippen LogP contribution is 2.33. The quantitative estimate of drug-likeness (QED) is 0.769. The number of amides is 1. The molecule has 3 rings (SSSR count). The Morgan fingerprint density at radius 2 is 1.89 bits per heavy atom. The summed E-state index contributed by atoms with van der Waals surface area (Å²) >= 11 is 0. The summed E-state index contributed by atoms with van der Waals surface area (Å²) in [5, 5.41) is 9.46. The predicted octanol–water partition coefficient (Wildman–Crippen LogP) is 1.96. The number of carboxylic acids is 1. The number of benzene rings is 2. The predicted molar refractivity (Wildman–Crippen MR) is 105 cm³/mol. The topological polar surface area (TPSA) is 104 Å². The molecule has 1 amide bonds. The molecule has 2 aromatic carbocycles. The van der Waals surface area contributed by atoms with Gasteiger partial charge in [-0.15, -0.1) is 0 Å². The van der Waals surface area contributed by atoms with Gasteiger partial charge in [-0.2, -0.15) is 4.72 Å². The highest BCUT2D eigenvalue weighted by Gasteiger charge is 2.31. The molecule has 0 radical (unpaired) electrons. The first-order chi connectivity index (χ1) is 13.2. The van der Waals surface area contributed by atoms with Crippen LogP contribution in [0.3, 0.4) is 0 Å². The fourth-order valence-electron chi connectivity index (χ4n) is 3.54. The monoisotopic (exact) mass is 402 g/mol. The van der Waals surface area contributed by atoms with Gasteiger partial charge in [0.25, 0.3) is 0 Å². The van der Waals surface area contributed by atoms with Crippen molar-refractivity contribution < 1.29 is 23.1 Å². The van der Waals surface area contributed by atoms with E-state index in [4.69, 9.17) is 0 Å². The molecule has 0 aliphatic carbocycles. The summed E-state index contributed by atoms with van der Waals surface area (Å²) in [4.78, 5) is 25.0. The standard InChI is InChI=1S/C20H22N2O5S/c1-13-10-16-12-17(8-9-19(16)22(13)14(2)23)28(26,27)21-18(20(24)25)11-15-6-4-3-5-7-15/h3-9,12-13,18,21H,10-11H2,1-2H3,(H,24,25)/t13-,18-/m0/s1. The number of rotatable bonds is 6. The van der Waals surface area contributed by atoms with Crippen molar-refractivity contribution in [2.45, 2.75) is 43.7 Å². The van der Waals surface area contributed by atoms with E-state index in [9.17, 15) is 23.1 Å². The molecule has 1 aliphatic heterocycles. The summed E-state index contributed by atoms with van der Waals surface area (Å²) in [5.41, 5.74) is 2.16. The van der Waals surface area contributed by atoms with Gasteiger partial charge in [-0.05, 0) is 49.1 Å². The van der Waals surface area contributed by atoms with Crippen LogP contribution in [0.15, 0.2) is 53.4 Å². The second-order valence-electron chi connectivity index (χ2n) is 6.93. The van der Waals surface area contributed by atoms with Crippen molar-refractivity contribution in [3.05, 3.63) is 59.7 Å². The van der Waals surface area contributed by atoms with Crippen LogP contribution in [0, 0.1) is 0 Å². The minimum absolute atomic E-state index is 0.0110. The number of sulfonamides is 1. The van der Waals surface area contributed by atoms with Crippen LogP contribution >= 0.6 is 0 Å². The van der Waals surface area contributed by atoms with Crippen LogP contribution in [0.1, 0.15) is 25.0 Å². The second kappa shape index (κ2) is 7.73. The minimum Gasteiger partial charge on any atom is -0.480 e. The lowest BCUT2D eigenvalue weighted by Gasteiger charge is -2.20. The molecule has 148 valence electrons. The van der Waals surface area contributed by atoms with Crippen molar-refractivity contribution in [3.8, 4) is 0 Å². The lowest BCUT2D eigenvalue weighted by atomic mass is 10.1. The molecule has 1 heterocycles. The molecule has 2 N–H and O–H groups in total. The molecule has 7 nitrogen and oxygen atoms in total. The molecule has 2 aromatic rings. The number of carboxylic acid groups (broad SMARTS) is 1. The number of carbonyl (C=O) groups excluding carboxylic acids is 1. The van der Waals surface area contributed by atoms with Gasteiger partial charge >= 0.3 is 5.97 Å². The van der Waals surface area contributed by atoms with E-state index >= 15 is 0 Å². The van der Waals surface area contributed by atoms with E-state index in [1.165, 1.54) is 19.1 Å². The van der Waals surface area contributed by atoms with Crippen LogP contribution in [0.25, 0.3) is 0 Å². The lowest BCUT2D eigenvalue weighted by Crippen LogP contribution is -2.42. The smallest absolute Gasteiger partial charge is 0.322 e. The van der Waals surface area contributed by atoms with Gasteiger partial charge < -0.3 is 10.0 Å². The summed E-state index contributed by atoms with van der Waals surface area (Å²) in [6, 6.07) is 12.0. The van der Waals surface area contributed by atoms with Crippen LogP contribution in [-0.4, -0.2) is 37.5 Å². The third kappa shape index (κ3) is 4.07. The minimum atomic E-state index is -4.04. The fourth-order valence-corrected chi connectivity index (χ4v) is 4.78. The highest BCUT2D eigenvalue weighted by atomic mass is 32.2. The molecule has 0 unspecified atom stereocenters. The van der Waals surface area contributed by atoms with E-state index in [0.717, 1.165) is 11.1 Å². The molecule has 8 heteroatoms. The van der Waals surface area contributed by atoms with Gasteiger partial charge in [0, 0.05) is 18.7 Å². The van der Waals surface area contributed by atoms with Crippen LogP contribution in [-0.2, 0) is 32.5 Å². The number of carbonyl (C=O) groups is 2. The van der Waals surface area contributed by atoms with Gasteiger partial charge in [0.05, 0.1) is 4.90 Å². The maximum atomic E-state index is 12.8. The number of fused-ring (bicyclic) bond motifs is 1. The Morgan fingerprint density at radius 3 is 2.50 bits per heavy atom. The summed E-state index contributed by atoms with van der Waals surface area (Å²) in [6.07, 6.45) is 0.583. The van der Waals surface area contributed by atoms with Gasteiger partial charge in [-0.3, -0.25) is 9.59 Å². The Morgan fingerprint density at radius 1 is 1.21 bits per heavy atom. The largest absolute Gasteiger partial charge is 0.480 e. The summed E-state index contributed by atoms with van der Waals surface area (Å²) in [6.45, 7) is 3.37. The molecule has 28 heavy (non-hydrogen) atoms. The Hall–Kier alpha value is -2.71. The van der Waals surface area contributed by atoms with Gasteiger partial charge in [0.2, 0.25) is 15.9 Å². The average Bonchev–Trinajstić information content (AvgIpc) is 2.96. The Bertz CT molecular complexity index is 1000. The summed E-state index contributed by atoms with van der Waals surface area (Å²) in [5.74, 6) is -1.35. The summed E-state index contributed by atoms with van der Waals surface area (Å²) < 4.78 is 27.8. The summed E-state index contributed by atoms with van der Waals surface area (Å²) in [7, 11) is -4.04. The van der Waals surface area contributed by atoms with E-state index < -0.39 is 22.0 Å². The van der Waals surface area contributed by atoms with Crippen molar-refractivity contribution in [2.75, 3.05) is 4.90 Å². The maximum absolute atomic E-state index is 12.8. The molecule has 0 saturated heterocycles. The molecule has 0 fully saturated rings. The van der Waals surface area contributed by atoms with Crippen LogP contribution < -0.4 is 9.62 Å². The Balaban J connectivity index is 1.85. The van der Waals surface area contributed by atoms with Gasteiger partial charge in [0.15, 0.2) is 0 Å². The van der Waals surface area contributed by atoms with Crippen molar-refractivity contribution in [1.82, 2.24) is 4.72 Å². The third-order valence-corrected chi connectivity index (χ3v) is 6.26. The van der Waals surface area contributed by atoms with Crippen molar-refractivity contribution in [1.29, 1.82) is 0 Å². The van der Waals surface area contributed by atoms with E-state index in [-0.39, 0.29) is 23.3 Å². The number of aliphatic carboxylic acids is 1. The molecular weight excluding hydrogens is 380 g/mol. The molecule has 2 atom stereocenters. The normalized spacial score (nSPS) is 17.2. The van der Waals surface area contributed by atoms with Crippen molar-refractivity contribution in [2.24, 2.45) is 0 Å². The Labute approximate surface area is 164 Å². The molecule has 0 saturated carbocycles. The van der Waals surface area contributed by atoms with Crippen LogP contribution in [0.4, 0.5) is 5.69 Å². The van der Waals surface area contributed by atoms with Gasteiger partial charge in [-0.1, -0.05) is 30.3 Å². The number of anilines is 1. The van der Waals surface area contributed by atoms with Gasteiger partial charge in [0.1, 0.15) is 6.04 Å². The average molecular weight is 402 g/mol. The van der Waals surface area contributed by atoms with E-state index in [1.54, 1.807) is 41.3 Å². The van der Waals surface area contributed by atoms with Crippen molar-refractivity contribution >= 4 is 27.6 Å².